The first-order valence-corrected chi connectivity index (χ1v) is 13.7. The van der Waals surface area contributed by atoms with Gasteiger partial charge in [0, 0.05) is 0 Å². The zero-order valence-electron chi connectivity index (χ0n) is 24.4. The number of halogens is 1. The third-order valence-corrected chi connectivity index (χ3v) is 5.30. The predicted octanol–water partition coefficient (Wildman–Crippen LogP) is 4.01. The summed E-state index contributed by atoms with van der Waals surface area (Å²) in [6.07, 6.45) is 20.2. The molecule has 33 heavy (non-hydrogen) atoms. The zero-order valence-corrected chi connectivity index (χ0v) is 25.2. The molecule has 204 valence electrons. The van der Waals surface area contributed by atoms with Gasteiger partial charge in [-0.1, -0.05) is 97.8 Å². The van der Waals surface area contributed by atoms with E-state index < -0.39 is 5.90 Å². The highest BCUT2D eigenvalue weighted by molar-refractivity contribution is 5.67. The first-order chi connectivity index (χ1) is 14.9. The molecule has 0 spiro atoms. The van der Waals surface area contributed by atoms with Crippen LogP contribution < -0.4 is 17.5 Å². The Hall–Kier alpha value is -0.320. The molecule has 0 atom stereocenters. The van der Waals surface area contributed by atoms with Crippen molar-refractivity contribution in [3.8, 4) is 0 Å². The summed E-state index contributed by atoms with van der Waals surface area (Å²) in [6.45, 7) is 9.24. The van der Waals surface area contributed by atoms with Crippen LogP contribution in [0.3, 0.4) is 0 Å². The minimum Gasteiger partial charge on any atom is -1.00 e. The number of unbranched alkanes of at least 4 members (excludes halogenated alkanes) is 12. The molecule has 0 aliphatic carbocycles. The van der Waals surface area contributed by atoms with Crippen LogP contribution in [0.15, 0.2) is 0 Å². The van der Waals surface area contributed by atoms with Gasteiger partial charge in [0.2, 0.25) is 0 Å². The zero-order chi connectivity index (χ0) is 25.3. The first-order valence-electron chi connectivity index (χ1n) is 13.7. The fourth-order valence-electron chi connectivity index (χ4n) is 3.64. The minimum atomic E-state index is -0.405. The summed E-state index contributed by atoms with van der Waals surface area (Å²) in [5.41, 5.74) is 0. The van der Waals surface area contributed by atoms with E-state index in [9.17, 15) is 5.11 Å². The fraction of sp³-hybridized carbons (Fsp3) is 0.964. The normalized spacial score (nSPS) is 10.9. The van der Waals surface area contributed by atoms with E-state index in [1.807, 2.05) is 0 Å². The Labute approximate surface area is 216 Å². The van der Waals surface area contributed by atoms with E-state index in [1.165, 1.54) is 96.6 Å². The second-order valence-electron chi connectivity index (χ2n) is 11.4. The molecule has 1 N–H and O–H groups in total. The maximum atomic E-state index is 10.4. The van der Waals surface area contributed by atoms with Crippen LogP contribution in [0.25, 0.3) is 0 Å². The summed E-state index contributed by atoms with van der Waals surface area (Å²) >= 11 is 0. The maximum absolute atomic E-state index is 10.4. The van der Waals surface area contributed by atoms with Crippen molar-refractivity contribution >= 4 is 5.90 Å². The molecule has 0 aliphatic rings. The number of nitrogens with zero attached hydrogens (tertiary/aromatic N) is 2. The van der Waals surface area contributed by atoms with Crippen molar-refractivity contribution in [3.63, 3.8) is 0 Å². The molecule has 0 bridgehead atoms. The highest BCUT2D eigenvalue weighted by Crippen LogP contribution is 2.12. The van der Waals surface area contributed by atoms with E-state index in [2.05, 4.69) is 63.1 Å². The Morgan fingerprint density at radius 1 is 0.515 bits per heavy atom. The maximum Gasteiger partial charge on any atom is 0.0777 e. The van der Waals surface area contributed by atoms with Gasteiger partial charge in [0.05, 0.1) is 55.4 Å². The Balaban J connectivity index is -0.000000231. The van der Waals surface area contributed by atoms with E-state index in [4.69, 9.17) is 5.41 Å². The van der Waals surface area contributed by atoms with Crippen molar-refractivity contribution in [2.45, 2.75) is 124 Å². The van der Waals surface area contributed by atoms with Crippen LogP contribution in [-0.2, 0) is 0 Å². The van der Waals surface area contributed by atoms with Gasteiger partial charge in [0.25, 0.3) is 0 Å². The van der Waals surface area contributed by atoms with Gasteiger partial charge < -0.3 is 31.9 Å². The predicted molar refractivity (Wildman–Crippen MR) is 144 cm³/mol. The van der Waals surface area contributed by atoms with Gasteiger partial charge in [0.15, 0.2) is 0 Å². The Bertz CT molecular complexity index is 360. The van der Waals surface area contributed by atoms with Gasteiger partial charge >= 0.3 is 0 Å². The van der Waals surface area contributed by atoms with Gasteiger partial charge in [-0.2, -0.15) is 0 Å². The number of hydrogen-bond acceptors (Lipinski definition) is 2. The Morgan fingerprint density at radius 3 is 0.970 bits per heavy atom. The van der Waals surface area contributed by atoms with Crippen LogP contribution in [0.4, 0.5) is 0 Å². The lowest BCUT2D eigenvalue weighted by Gasteiger charge is -2.22. The molecule has 0 amide bonds. The quantitative estimate of drug-likeness (QED) is 0.133. The lowest BCUT2D eigenvalue weighted by molar-refractivity contribution is -0.870. The molecular weight excluding hydrogens is 430 g/mol. The summed E-state index contributed by atoms with van der Waals surface area (Å²) in [5.74, 6) is -0.405. The monoisotopic (exact) mass is 493 g/mol. The largest absolute Gasteiger partial charge is 1.00 e. The van der Waals surface area contributed by atoms with Crippen molar-refractivity contribution in [3.05, 3.63) is 0 Å². The highest BCUT2D eigenvalue weighted by Gasteiger charge is 2.02. The van der Waals surface area contributed by atoms with Gasteiger partial charge in [-0.15, -0.1) is 0 Å². The number of hydrogen-bond donors (Lipinski definition) is 1. The topological polar surface area (TPSA) is 46.9 Å². The number of rotatable bonds is 18. The van der Waals surface area contributed by atoms with Crippen LogP contribution in [0.2, 0.25) is 0 Å². The average molecular weight is 494 g/mol. The SMILES string of the molecule is CCCCCCCCCCCCCCCC(=N)[O-].CCC[N+](C)(C)C.CCC[N+](C)(C)C.[Cl-]. The second-order valence-corrected chi connectivity index (χ2v) is 11.4. The van der Waals surface area contributed by atoms with Crippen LogP contribution in [-0.4, -0.2) is 70.2 Å². The van der Waals surface area contributed by atoms with Crippen LogP contribution in [0, 0.1) is 5.41 Å². The van der Waals surface area contributed by atoms with Crippen molar-refractivity contribution in [1.82, 2.24) is 0 Å². The standard InChI is InChI=1S/C16H33NO.2C6H16N.ClH/c1-2-3-4-5-6-7-8-9-10-11-12-13-14-15-16(17)18;2*1-5-6-7(2,3)4;/h2-15H2,1H3,(H2,17,18);2*5-6H2,1-4H3;1H/q;2*+1;/p-2. The summed E-state index contributed by atoms with van der Waals surface area (Å²) in [6, 6.07) is 0. The number of nitrogens with one attached hydrogen (secondary N) is 1. The fourth-order valence-corrected chi connectivity index (χ4v) is 3.64. The third kappa shape index (κ3) is 54.3. The lowest BCUT2D eigenvalue weighted by atomic mass is 10.0. The van der Waals surface area contributed by atoms with Gasteiger partial charge in [-0.3, -0.25) is 0 Å². The molecular formula is C28H64ClN3O. The van der Waals surface area contributed by atoms with Gasteiger partial charge in [-0.05, 0) is 31.6 Å². The molecule has 0 rings (SSSR count). The summed E-state index contributed by atoms with van der Waals surface area (Å²) in [5, 5.41) is 17.2. The Kier molecular flexibility index (Phi) is 33.7. The minimum absolute atomic E-state index is 0. The van der Waals surface area contributed by atoms with Crippen LogP contribution in [0.5, 0.6) is 0 Å². The number of quaternary nitrogens is 2. The summed E-state index contributed by atoms with van der Waals surface area (Å²) in [4.78, 5) is 0. The first kappa shape index (κ1) is 39.9. The van der Waals surface area contributed by atoms with Gasteiger partial charge in [0.1, 0.15) is 0 Å². The lowest BCUT2D eigenvalue weighted by Crippen LogP contribution is -3.00. The van der Waals surface area contributed by atoms with Crippen molar-refractivity contribution in [1.29, 1.82) is 5.41 Å². The molecule has 5 heteroatoms. The summed E-state index contributed by atoms with van der Waals surface area (Å²) < 4.78 is 2.19. The molecule has 0 aromatic rings. The second kappa shape index (κ2) is 27.9. The molecule has 0 fully saturated rings. The van der Waals surface area contributed by atoms with Crippen molar-refractivity contribution in [2.24, 2.45) is 0 Å². The van der Waals surface area contributed by atoms with Crippen molar-refractivity contribution < 1.29 is 26.5 Å². The molecule has 0 saturated carbocycles. The molecule has 0 aromatic carbocycles. The molecule has 0 aliphatic heterocycles. The molecule has 0 radical (unpaired) electrons. The van der Waals surface area contributed by atoms with E-state index in [1.54, 1.807) is 0 Å². The molecule has 0 unspecified atom stereocenters. The smallest absolute Gasteiger partial charge is 0.0777 e. The van der Waals surface area contributed by atoms with E-state index in [-0.39, 0.29) is 12.4 Å². The summed E-state index contributed by atoms with van der Waals surface area (Å²) in [7, 11) is 13.3. The highest BCUT2D eigenvalue weighted by atomic mass is 35.5. The Morgan fingerprint density at radius 2 is 0.788 bits per heavy atom. The third-order valence-electron chi connectivity index (χ3n) is 5.30. The van der Waals surface area contributed by atoms with Crippen LogP contribution in [0.1, 0.15) is 124 Å². The molecule has 0 aromatic heterocycles. The molecule has 0 saturated heterocycles. The van der Waals surface area contributed by atoms with E-state index >= 15 is 0 Å². The van der Waals surface area contributed by atoms with Crippen molar-refractivity contribution in [2.75, 3.05) is 55.4 Å². The average Bonchev–Trinajstić information content (AvgIpc) is 2.64. The molecule has 0 heterocycles. The van der Waals surface area contributed by atoms with Gasteiger partial charge in [-0.25, -0.2) is 0 Å². The van der Waals surface area contributed by atoms with E-state index in [0.717, 1.165) is 21.8 Å². The molecule has 4 nitrogen and oxygen atoms in total. The van der Waals surface area contributed by atoms with Crippen LogP contribution >= 0.6 is 0 Å². The van der Waals surface area contributed by atoms with E-state index in [0.29, 0.717) is 6.42 Å².